The first-order valence-corrected chi connectivity index (χ1v) is 5.93. The lowest BCUT2D eigenvalue weighted by atomic mass is 10.2. The highest BCUT2D eigenvalue weighted by Gasteiger charge is 2.35. The highest BCUT2D eigenvalue weighted by Crippen LogP contribution is 2.29. The quantitative estimate of drug-likeness (QED) is 0.680. The molecule has 2 rings (SSSR count). The lowest BCUT2D eigenvalue weighted by molar-refractivity contribution is -0.126. The average molecular weight is 211 g/mol. The van der Waals surface area contributed by atoms with Crippen molar-refractivity contribution in [2.24, 2.45) is 5.92 Å². The van der Waals surface area contributed by atoms with E-state index in [0.717, 1.165) is 32.6 Å². The van der Waals surface area contributed by atoms with E-state index in [1.807, 2.05) is 6.92 Å². The van der Waals surface area contributed by atoms with Crippen molar-refractivity contribution in [1.82, 2.24) is 15.5 Å². The molecule has 3 atom stereocenters. The zero-order valence-electron chi connectivity index (χ0n) is 9.62. The largest absolute Gasteiger partial charge is 0.352 e. The molecule has 1 saturated carbocycles. The highest BCUT2D eigenvalue weighted by atomic mass is 16.2. The standard InChI is InChI=1S/C11H21N3O/c1-8-7-10(8)13-11(15)9(2)14-5-3-12-4-6-14/h8-10,12H,3-7H2,1-2H3,(H,13,15). The topological polar surface area (TPSA) is 44.4 Å². The molecule has 4 heteroatoms. The minimum absolute atomic E-state index is 0.0277. The molecule has 0 aromatic carbocycles. The maximum atomic E-state index is 11.9. The minimum atomic E-state index is 0.0277. The fourth-order valence-electron chi connectivity index (χ4n) is 2.06. The Kier molecular flexibility index (Phi) is 3.26. The van der Waals surface area contributed by atoms with Gasteiger partial charge in [0.25, 0.3) is 0 Å². The number of carbonyl (C=O) groups is 1. The van der Waals surface area contributed by atoms with Crippen LogP contribution in [0.4, 0.5) is 0 Å². The third-order valence-electron chi connectivity index (χ3n) is 3.52. The summed E-state index contributed by atoms with van der Waals surface area (Å²) in [7, 11) is 0. The normalized spacial score (nSPS) is 33.5. The van der Waals surface area contributed by atoms with E-state index in [0.29, 0.717) is 12.0 Å². The Morgan fingerprint density at radius 3 is 2.60 bits per heavy atom. The second-order valence-corrected chi connectivity index (χ2v) is 4.79. The number of carbonyl (C=O) groups excluding carboxylic acids is 1. The molecule has 2 aliphatic rings. The van der Waals surface area contributed by atoms with Crippen LogP contribution in [0.1, 0.15) is 20.3 Å². The van der Waals surface area contributed by atoms with Gasteiger partial charge in [-0.3, -0.25) is 9.69 Å². The predicted octanol–water partition coefficient (Wildman–Crippen LogP) is -0.195. The Hall–Kier alpha value is -0.610. The Morgan fingerprint density at radius 1 is 1.47 bits per heavy atom. The molecule has 86 valence electrons. The van der Waals surface area contributed by atoms with Crippen LogP contribution in [0.5, 0.6) is 0 Å². The van der Waals surface area contributed by atoms with Gasteiger partial charge < -0.3 is 10.6 Å². The number of nitrogens with zero attached hydrogens (tertiary/aromatic N) is 1. The van der Waals surface area contributed by atoms with Crippen LogP contribution in [0.3, 0.4) is 0 Å². The van der Waals surface area contributed by atoms with E-state index in [1.165, 1.54) is 0 Å². The molecular weight excluding hydrogens is 190 g/mol. The van der Waals surface area contributed by atoms with Crippen molar-refractivity contribution in [3.05, 3.63) is 0 Å². The van der Waals surface area contributed by atoms with Crippen LogP contribution in [0.15, 0.2) is 0 Å². The predicted molar refractivity (Wildman–Crippen MR) is 59.6 cm³/mol. The molecule has 15 heavy (non-hydrogen) atoms. The van der Waals surface area contributed by atoms with Crippen LogP contribution in [0.25, 0.3) is 0 Å². The lowest BCUT2D eigenvalue weighted by Crippen LogP contribution is -2.53. The number of hydrogen-bond donors (Lipinski definition) is 2. The molecular formula is C11H21N3O. The molecule has 1 aliphatic heterocycles. The van der Waals surface area contributed by atoms with Crippen LogP contribution < -0.4 is 10.6 Å². The van der Waals surface area contributed by atoms with Gasteiger partial charge >= 0.3 is 0 Å². The molecule has 1 amide bonds. The SMILES string of the molecule is CC1CC1NC(=O)C(C)N1CCNCC1. The summed E-state index contributed by atoms with van der Waals surface area (Å²) in [5.41, 5.74) is 0. The summed E-state index contributed by atoms with van der Waals surface area (Å²) < 4.78 is 0. The average Bonchev–Trinajstić information content (AvgIpc) is 2.94. The second kappa shape index (κ2) is 4.49. The Balaban J connectivity index is 1.78. The number of nitrogens with one attached hydrogen (secondary N) is 2. The van der Waals surface area contributed by atoms with Crippen molar-refractivity contribution >= 4 is 5.91 Å². The monoisotopic (exact) mass is 211 g/mol. The minimum Gasteiger partial charge on any atom is -0.352 e. The van der Waals surface area contributed by atoms with E-state index < -0.39 is 0 Å². The van der Waals surface area contributed by atoms with Gasteiger partial charge in [-0.2, -0.15) is 0 Å². The first-order chi connectivity index (χ1) is 7.18. The van der Waals surface area contributed by atoms with Crippen LogP contribution in [0, 0.1) is 5.92 Å². The fraction of sp³-hybridized carbons (Fsp3) is 0.909. The lowest BCUT2D eigenvalue weighted by Gasteiger charge is -2.31. The van der Waals surface area contributed by atoms with Crippen molar-refractivity contribution in [3.63, 3.8) is 0 Å². The molecule has 2 fully saturated rings. The summed E-state index contributed by atoms with van der Waals surface area (Å²) in [4.78, 5) is 14.1. The highest BCUT2D eigenvalue weighted by molar-refractivity contribution is 5.81. The zero-order valence-corrected chi connectivity index (χ0v) is 9.62. The van der Waals surface area contributed by atoms with Gasteiger partial charge in [0.2, 0.25) is 5.91 Å². The Morgan fingerprint density at radius 2 is 2.07 bits per heavy atom. The van der Waals surface area contributed by atoms with Gasteiger partial charge in [-0.25, -0.2) is 0 Å². The van der Waals surface area contributed by atoms with Crippen LogP contribution >= 0.6 is 0 Å². The summed E-state index contributed by atoms with van der Waals surface area (Å²) in [5.74, 6) is 0.885. The van der Waals surface area contributed by atoms with E-state index in [2.05, 4.69) is 22.5 Å². The number of rotatable bonds is 3. The molecule has 0 aromatic heterocycles. The van der Waals surface area contributed by atoms with E-state index in [9.17, 15) is 4.79 Å². The maximum absolute atomic E-state index is 11.9. The van der Waals surface area contributed by atoms with Crippen LogP contribution in [0.2, 0.25) is 0 Å². The maximum Gasteiger partial charge on any atom is 0.237 e. The Bertz CT molecular complexity index is 238. The molecule has 0 radical (unpaired) electrons. The van der Waals surface area contributed by atoms with Gasteiger partial charge in [0.15, 0.2) is 0 Å². The van der Waals surface area contributed by atoms with E-state index in [1.54, 1.807) is 0 Å². The van der Waals surface area contributed by atoms with Gasteiger partial charge in [0, 0.05) is 32.2 Å². The van der Waals surface area contributed by atoms with Crippen LogP contribution in [-0.4, -0.2) is 49.1 Å². The number of hydrogen-bond acceptors (Lipinski definition) is 3. The zero-order chi connectivity index (χ0) is 10.8. The summed E-state index contributed by atoms with van der Waals surface area (Å²) in [6, 6.07) is 0.475. The first-order valence-electron chi connectivity index (χ1n) is 5.93. The molecule has 1 aliphatic carbocycles. The van der Waals surface area contributed by atoms with Gasteiger partial charge in [0.05, 0.1) is 6.04 Å². The number of amides is 1. The molecule has 2 N–H and O–H groups in total. The smallest absolute Gasteiger partial charge is 0.237 e. The van der Waals surface area contributed by atoms with Crippen LogP contribution in [-0.2, 0) is 4.79 Å². The third kappa shape index (κ3) is 2.69. The van der Waals surface area contributed by atoms with E-state index in [-0.39, 0.29) is 11.9 Å². The summed E-state index contributed by atoms with van der Waals surface area (Å²) in [6.07, 6.45) is 1.15. The fourth-order valence-corrected chi connectivity index (χ4v) is 2.06. The van der Waals surface area contributed by atoms with Gasteiger partial charge in [0.1, 0.15) is 0 Å². The van der Waals surface area contributed by atoms with Crippen molar-refractivity contribution in [3.8, 4) is 0 Å². The van der Waals surface area contributed by atoms with Crippen molar-refractivity contribution in [2.45, 2.75) is 32.4 Å². The van der Waals surface area contributed by atoms with E-state index in [4.69, 9.17) is 0 Å². The first kappa shape index (κ1) is 10.9. The summed E-state index contributed by atoms with van der Waals surface area (Å²) in [5, 5.41) is 6.39. The third-order valence-corrected chi connectivity index (χ3v) is 3.52. The number of piperazine rings is 1. The molecule has 0 aromatic rings. The molecule has 4 nitrogen and oxygen atoms in total. The molecule has 1 heterocycles. The summed E-state index contributed by atoms with van der Waals surface area (Å²) >= 11 is 0. The molecule has 3 unspecified atom stereocenters. The van der Waals surface area contributed by atoms with Gasteiger partial charge in [-0.1, -0.05) is 6.92 Å². The van der Waals surface area contributed by atoms with Gasteiger partial charge in [-0.05, 0) is 19.3 Å². The van der Waals surface area contributed by atoms with E-state index >= 15 is 0 Å². The Labute approximate surface area is 91.4 Å². The van der Waals surface area contributed by atoms with Crippen molar-refractivity contribution in [2.75, 3.05) is 26.2 Å². The summed E-state index contributed by atoms with van der Waals surface area (Å²) in [6.45, 7) is 8.15. The van der Waals surface area contributed by atoms with Crippen molar-refractivity contribution in [1.29, 1.82) is 0 Å². The molecule has 1 saturated heterocycles. The molecule has 0 spiro atoms. The second-order valence-electron chi connectivity index (χ2n) is 4.79. The molecule has 0 bridgehead atoms. The van der Waals surface area contributed by atoms with Crippen molar-refractivity contribution < 1.29 is 4.79 Å². The van der Waals surface area contributed by atoms with Gasteiger partial charge in [-0.15, -0.1) is 0 Å².